The van der Waals surface area contributed by atoms with Crippen molar-refractivity contribution < 1.29 is 0 Å². The smallest absolute Gasteiger partial charge is 0.0514 e. The van der Waals surface area contributed by atoms with Gasteiger partial charge in [0.1, 0.15) is 0 Å². The Hall–Kier alpha value is -1.00. The summed E-state index contributed by atoms with van der Waals surface area (Å²) < 4.78 is 1.18. The third-order valence-electron chi connectivity index (χ3n) is 2.67. The van der Waals surface area contributed by atoms with E-state index in [0.29, 0.717) is 0 Å². The summed E-state index contributed by atoms with van der Waals surface area (Å²) in [6, 6.07) is 6.22. The number of rotatable bonds is 3. The minimum Gasteiger partial charge on any atom is -0.398 e. The van der Waals surface area contributed by atoms with E-state index in [1.807, 2.05) is 11.4 Å². The molecule has 3 N–H and O–H groups in total. The van der Waals surface area contributed by atoms with E-state index in [9.17, 15) is 0 Å². The number of nitrogen functional groups attached to an aromatic ring is 1. The minimum atomic E-state index is 0.782. The maximum absolute atomic E-state index is 5.85. The highest BCUT2D eigenvalue weighted by Crippen LogP contribution is 2.26. The third kappa shape index (κ3) is 2.82. The summed E-state index contributed by atoms with van der Waals surface area (Å²) in [6.07, 6.45) is 0. The Morgan fingerprint density at radius 3 is 2.47 bits per heavy atom. The highest BCUT2D eigenvalue weighted by atomic mass is 79.9. The van der Waals surface area contributed by atoms with Crippen molar-refractivity contribution in [3.63, 3.8) is 0 Å². The fourth-order valence-electron chi connectivity index (χ4n) is 1.72. The lowest BCUT2D eigenvalue weighted by Crippen LogP contribution is -2.00. The Labute approximate surface area is 114 Å². The molecular weight excluding hydrogens is 296 g/mol. The molecule has 0 fully saturated rings. The molecule has 2 aromatic rings. The first-order valence-corrected chi connectivity index (χ1v) is 7.07. The molecule has 0 spiro atoms. The zero-order valence-electron chi connectivity index (χ0n) is 9.88. The molecular formula is C13H15BrN2S. The average Bonchev–Trinajstić information content (AvgIpc) is 2.69. The van der Waals surface area contributed by atoms with Crippen molar-refractivity contribution in [1.82, 2.24) is 0 Å². The summed E-state index contributed by atoms with van der Waals surface area (Å²) >= 11 is 5.25. The van der Waals surface area contributed by atoms with Gasteiger partial charge < -0.3 is 11.1 Å². The van der Waals surface area contributed by atoms with Crippen LogP contribution in [-0.2, 0) is 6.54 Å². The topological polar surface area (TPSA) is 38.0 Å². The highest BCUT2D eigenvalue weighted by Gasteiger charge is 2.04. The van der Waals surface area contributed by atoms with Gasteiger partial charge in [0.2, 0.25) is 0 Å². The molecule has 0 unspecified atom stereocenters. The number of benzene rings is 1. The number of aryl methyl sites for hydroxylation is 2. The summed E-state index contributed by atoms with van der Waals surface area (Å²) in [4.78, 5) is 1.18. The van der Waals surface area contributed by atoms with Gasteiger partial charge in [-0.25, -0.2) is 0 Å². The van der Waals surface area contributed by atoms with Crippen molar-refractivity contribution in [2.24, 2.45) is 0 Å². The zero-order valence-corrected chi connectivity index (χ0v) is 12.3. The van der Waals surface area contributed by atoms with Gasteiger partial charge in [0.05, 0.1) is 6.54 Å². The second kappa shape index (κ2) is 5.10. The number of hydrogen-bond donors (Lipinski definition) is 2. The molecule has 0 atom stereocenters. The Bertz CT molecular complexity index is 511. The second-order valence-corrected chi connectivity index (χ2v) is 5.87. The first kappa shape index (κ1) is 12.5. The fourth-order valence-corrected chi connectivity index (χ4v) is 2.69. The fraction of sp³-hybridized carbons (Fsp3) is 0.231. The normalized spacial score (nSPS) is 10.5. The van der Waals surface area contributed by atoms with Crippen LogP contribution < -0.4 is 11.1 Å². The van der Waals surface area contributed by atoms with Crippen LogP contribution in [0.1, 0.15) is 16.0 Å². The molecule has 90 valence electrons. The van der Waals surface area contributed by atoms with Gasteiger partial charge in [0.25, 0.3) is 0 Å². The van der Waals surface area contributed by atoms with Gasteiger partial charge in [-0.3, -0.25) is 0 Å². The second-order valence-electron chi connectivity index (χ2n) is 4.08. The van der Waals surface area contributed by atoms with E-state index in [1.165, 1.54) is 20.5 Å². The molecule has 1 aromatic carbocycles. The Morgan fingerprint density at radius 2 is 1.94 bits per heavy atom. The maximum Gasteiger partial charge on any atom is 0.0514 e. The molecule has 0 radical (unpaired) electrons. The molecule has 0 aliphatic carbocycles. The lowest BCUT2D eigenvalue weighted by atomic mass is 10.1. The SMILES string of the molecule is Cc1cc(NCc2sccc2N)cc(C)c1Br. The number of nitrogens with two attached hydrogens (primary N) is 1. The van der Waals surface area contributed by atoms with E-state index in [2.05, 4.69) is 47.2 Å². The van der Waals surface area contributed by atoms with Gasteiger partial charge in [-0.1, -0.05) is 15.9 Å². The monoisotopic (exact) mass is 310 g/mol. The van der Waals surface area contributed by atoms with Crippen LogP contribution >= 0.6 is 27.3 Å². The Morgan fingerprint density at radius 1 is 1.29 bits per heavy atom. The van der Waals surface area contributed by atoms with Gasteiger partial charge in [0, 0.05) is 20.7 Å². The van der Waals surface area contributed by atoms with Crippen LogP contribution in [0.4, 0.5) is 11.4 Å². The Balaban J connectivity index is 2.12. The maximum atomic E-state index is 5.85. The van der Waals surface area contributed by atoms with E-state index in [1.54, 1.807) is 11.3 Å². The standard InChI is InChI=1S/C13H15BrN2S/c1-8-5-10(6-9(2)13(8)14)16-7-12-11(15)3-4-17-12/h3-6,16H,7,15H2,1-2H3. The number of halogens is 1. The first-order chi connectivity index (χ1) is 8.08. The van der Waals surface area contributed by atoms with Crippen LogP contribution in [-0.4, -0.2) is 0 Å². The number of thiophene rings is 1. The molecule has 2 rings (SSSR count). The molecule has 1 aromatic heterocycles. The zero-order chi connectivity index (χ0) is 12.4. The number of hydrogen-bond acceptors (Lipinski definition) is 3. The molecule has 0 aliphatic rings. The van der Waals surface area contributed by atoms with Gasteiger partial charge in [-0.15, -0.1) is 11.3 Å². The van der Waals surface area contributed by atoms with Crippen LogP contribution in [0.3, 0.4) is 0 Å². The van der Waals surface area contributed by atoms with Gasteiger partial charge in [-0.05, 0) is 48.6 Å². The number of nitrogens with one attached hydrogen (secondary N) is 1. The van der Waals surface area contributed by atoms with Crippen molar-refractivity contribution in [2.45, 2.75) is 20.4 Å². The lowest BCUT2D eigenvalue weighted by molar-refractivity contribution is 1.18. The van der Waals surface area contributed by atoms with Gasteiger partial charge in [-0.2, -0.15) is 0 Å². The minimum absolute atomic E-state index is 0.782. The molecule has 4 heteroatoms. The summed E-state index contributed by atoms with van der Waals surface area (Å²) in [7, 11) is 0. The molecule has 0 saturated carbocycles. The molecule has 0 saturated heterocycles. The summed E-state index contributed by atoms with van der Waals surface area (Å²) in [5.74, 6) is 0. The predicted octanol–water partition coefficient (Wildman–Crippen LogP) is 4.32. The van der Waals surface area contributed by atoms with Crippen molar-refractivity contribution in [2.75, 3.05) is 11.1 Å². The van der Waals surface area contributed by atoms with Crippen molar-refractivity contribution in [1.29, 1.82) is 0 Å². The molecule has 1 heterocycles. The van der Waals surface area contributed by atoms with Crippen molar-refractivity contribution in [3.8, 4) is 0 Å². The van der Waals surface area contributed by atoms with Gasteiger partial charge >= 0.3 is 0 Å². The predicted molar refractivity (Wildman–Crippen MR) is 79.7 cm³/mol. The highest BCUT2D eigenvalue weighted by molar-refractivity contribution is 9.10. The molecule has 2 nitrogen and oxygen atoms in total. The van der Waals surface area contributed by atoms with Crippen LogP contribution in [0.15, 0.2) is 28.1 Å². The van der Waals surface area contributed by atoms with Crippen LogP contribution in [0.25, 0.3) is 0 Å². The third-order valence-corrected chi connectivity index (χ3v) is 4.86. The first-order valence-electron chi connectivity index (χ1n) is 5.40. The quantitative estimate of drug-likeness (QED) is 0.886. The molecule has 0 amide bonds. The van der Waals surface area contributed by atoms with E-state index in [-0.39, 0.29) is 0 Å². The van der Waals surface area contributed by atoms with E-state index >= 15 is 0 Å². The molecule has 17 heavy (non-hydrogen) atoms. The van der Waals surface area contributed by atoms with Crippen molar-refractivity contribution >= 4 is 38.6 Å². The molecule has 0 bridgehead atoms. The van der Waals surface area contributed by atoms with Crippen LogP contribution in [0, 0.1) is 13.8 Å². The Kier molecular flexibility index (Phi) is 3.74. The lowest BCUT2D eigenvalue weighted by Gasteiger charge is -2.10. The largest absolute Gasteiger partial charge is 0.398 e. The molecule has 0 aliphatic heterocycles. The summed E-state index contributed by atoms with van der Waals surface area (Å²) in [5.41, 5.74) is 10.3. The van der Waals surface area contributed by atoms with Crippen LogP contribution in [0.5, 0.6) is 0 Å². The van der Waals surface area contributed by atoms with E-state index < -0.39 is 0 Å². The average molecular weight is 311 g/mol. The summed E-state index contributed by atoms with van der Waals surface area (Å²) in [6.45, 7) is 4.98. The van der Waals surface area contributed by atoms with E-state index in [4.69, 9.17) is 5.73 Å². The van der Waals surface area contributed by atoms with Crippen molar-refractivity contribution in [3.05, 3.63) is 44.1 Å². The number of anilines is 2. The van der Waals surface area contributed by atoms with E-state index in [0.717, 1.165) is 17.9 Å². The van der Waals surface area contributed by atoms with Gasteiger partial charge in [0.15, 0.2) is 0 Å². The summed E-state index contributed by atoms with van der Waals surface area (Å²) in [5, 5.41) is 5.42. The van der Waals surface area contributed by atoms with Crippen LogP contribution in [0.2, 0.25) is 0 Å².